The van der Waals surface area contributed by atoms with Gasteiger partial charge in [0.15, 0.2) is 0 Å². The van der Waals surface area contributed by atoms with E-state index in [1.165, 1.54) is 4.90 Å². The number of rotatable bonds is 6. The lowest BCUT2D eigenvalue weighted by Crippen LogP contribution is -2.37. The van der Waals surface area contributed by atoms with Crippen LogP contribution in [0, 0.1) is 5.82 Å². The summed E-state index contributed by atoms with van der Waals surface area (Å²) in [6.45, 7) is 0.484. The van der Waals surface area contributed by atoms with Gasteiger partial charge < -0.3 is 10.6 Å². The molecule has 2 aromatic carbocycles. The molecule has 134 valence electrons. The zero-order chi connectivity index (χ0) is 18.4. The van der Waals surface area contributed by atoms with E-state index >= 15 is 0 Å². The summed E-state index contributed by atoms with van der Waals surface area (Å²) in [5.74, 6) is -1.79. The van der Waals surface area contributed by atoms with Crippen molar-refractivity contribution in [3.05, 3.63) is 71.0 Å². The average Bonchev–Trinajstić information content (AvgIpc) is 2.58. The van der Waals surface area contributed by atoms with Gasteiger partial charge in [0, 0.05) is 19.6 Å². The van der Waals surface area contributed by atoms with Crippen LogP contribution in [0.2, 0.25) is 0 Å². The first kappa shape index (κ1) is 18.9. The van der Waals surface area contributed by atoms with Crippen LogP contribution in [0.1, 0.15) is 21.5 Å². The molecule has 0 fully saturated rings. The topological polar surface area (TPSA) is 46.3 Å². The molecule has 2 rings (SSSR count). The van der Waals surface area contributed by atoms with Crippen molar-refractivity contribution in [1.82, 2.24) is 4.90 Å². The van der Waals surface area contributed by atoms with Crippen molar-refractivity contribution >= 4 is 5.91 Å². The second kappa shape index (κ2) is 8.11. The van der Waals surface area contributed by atoms with Gasteiger partial charge in [0.1, 0.15) is 5.82 Å². The van der Waals surface area contributed by atoms with Crippen molar-refractivity contribution < 1.29 is 22.4 Å². The van der Waals surface area contributed by atoms with Crippen LogP contribution < -0.4 is 5.73 Å². The van der Waals surface area contributed by atoms with E-state index in [2.05, 4.69) is 0 Å². The molecule has 0 saturated carbocycles. The third kappa shape index (κ3) is 5.03. The van der Waals surface area contributed by atoms with Gasteiger partial charge in [-0.15, -0.1) is 0 Å². The van der Waals surface area contributed by atoms with Crippen molar-refractivity contribution in [3.8, 4) is 0 Å². The molecule has 2 N–H and O–H groups in total. The number of carbonyl (C=O) groups is 1. The molecule has 0 aromatic heterocycles. The third-order valence-electron chi connectivity index (χ3n) is 3.72. The first-order valence-corrected chi connectivity index (χ1v) is 7.73. The molecule has 3 nitrogen and oxygen atoms in total. The molecule has 0 aliphatic heterocycles. The Morgan fingerprint density at radius 2 is 1.72 bits per heavy atom. The van der Waals surface area contributed by atoms with Gasteiger partial charge in [0.25, 0.3) is 5.91 Å². The van der Waals surface area contributed by atoms with Crippen LogP contribution in [0.3, 0.4) is 0 Å². The van der Waals surface area contributed by atoms with Crippen LogP contribution in [0.5, 0.6) is 0 Å². The lowest BCUT2D eigenvalue weighted by molar-refractivity contribution is -0.137. The summed E-state index contributed by atoms with van der Waals surface area (Å²) in [7, 11) is 0. The molecule has 0 atom stereocenters. The predicted octanol–water partition coefficient (Wildman–Crippen LogP) is 3.49. The van der Waals surface area contributed by atoms with E-state index in [0.717, 1.165) is 5.56 Å². The normalized spacial score (nSPS) is 11.4. The van der Waals surface area contributed by atoms with Crippen molar-refractivity contribution in [3.63, 3.8) is 0 Å². The maximum Gasteiger partial charge on any atom is 0.416 e. The first-order chi connectivity index (χ1) is 11.8. The van der Waals surface area contributed by atoms with Gasteiger partial charge in [-0.2, -0.15) is 13.2 Å². The number of hydrogen-bond donors (Lipinski definition) is 1. The van der Waals surface area contributed by atoms with Crippen LogP contribution >= 0.6 is 0 Å². The van der Waals surface area contributed by atoms with Crippen LogP contribution in [-0.4, -0.2) is 30.4 Å². The largest absolute Gasteiger partial charge is 0.416 e. The van der Waals surface area contributed by atoms with Crippen molar-refractivity contribution in [1.29, 1.82) is 0 Å². The average molecular weight is 354 g/mol. The van der Waals surface area contributed by atoms with Gasteiger partial charge in [-0.1, -0.05) is 30.3 Å². The standard InChI is InChI=1S/C18H18F4N2O/c19-16-7-6-14(18(20,21)22)12-15(16)17(25)24(11-9-23)10-8-13-4-2-1-3-5-13/h1-7,12H,8-11,23H2. The number of carbonyl (C=O) groups excluding carboxylic acids is 1. The number of alkyl halides is 3. The molecule has 0 unspecified atom stereocenters. The van der Waals surface area contributed by atoms with E-state index in [1.54, 1.807) is 0 Å². The summed E-state index contributed by atoms with van der Waals surface area (Å²) in [5.41, 5.74) is 4.78. The smallest absolute Gasteiger partial charge is 0.337 e. The van der Waals surface area contributed by atoms with Crippen LogP contribution in [0.4, 0.5) is 17.6 Å². The summed E-state index contributed by atoms with van der Waals surface area (Å²) in [6.07, 6.45) is -4.15. The minimum atomic E-state index is -4.65. The summed E-state index contributed by atoms with van der Waals surface area (Å²) >= 11 is 0. The van der Waals surface area contributed by atoms with Gasteiger partial charge in [0.2, 0.25) is 0 Å². The first-order valence-electron chi connectivity index (χ1n) is 7.73. The molecular weight excluding hydrogens is 336 g/mol. The zero-order valence-corrected chi connectivity index (χ0v) is 13.4. The minimum absolute atomic E-state index is 0.126. The molecule has 7 heteroatoms. The molecule has 0 saturated heterocycles. The van der Waals surface area contributed by atoms with Gasteiger partial charge in [-0.3, -0.25) is 4.79 Å². The van der Waals surface area contributed by atoms with E-state index in [4.69, 9.17) is 5.73 Å². The Labute approximate surface area is 143 Å². The summed E-state index contributed by atoms with van der Waals surface area (Å²) in [5, 5.41) is 0. The third-order valence-corrected chi connectivity index (χ3v) is 3.72. The molecule has 1 amide bonds. The lowest BCUT2D eigenvalue weighted by atomic mass is 10.1. The fourth-order valence-corrected chi connectivity index (χ4v) is 2.42. The fraction of sp³-hybridized carbons (Fsp3) is 0.278. The Hall–Kier alpha value is -2.41. The maximum atomic E-state index is 13.9. The fourth-order valence-electron chi connectivity index (χ4n) is 2.42. The summed E-state index contributed by atoms with van der Waals surface area (Å²) < 4.78 is 52.4. The molecule has 0 aliphatic carbocycles. The Morgan fingerprint density at radius 1 is 1.04 bits per heavy atom. The monoisotopic (exact) mass is 354 g/mol. The highest BCUT2D eigenvalue weighted by molar-refractivity contribution is 5.94. The molecule has 0 bridgehead atoms. The van der Waals surface area contributed by atoms with E-state index < -0.39 is 29.0 Å². The second-order valence-electron chi connectivity index (χ2n) is 5.51. The lowest BCUT2D eigenvalue weighted by Gasteiger charge is -2.23. The maximum absolute atomic E-state index is 13.9. The van der Waals surface area contributed by atoms with Crippen molar-refractivity contribution in [2.45, 2.75) is 12.6 Å². The van der Waals surface area contributed by atoms with Crippen LogP contribution in [0.15, 0.2) is 48.5 Å². The van der Waals surface area contributed by atoms with Crippen molar-refractivity contribution in [2.24, 2.45) is 5.73 Å². The summed E-state index contributed by atoms with van der Waals surface area (Å²) in [6, 6.07) is 11.1. The predicted molar refractivity (Wildman–Crippen MR) is 86.5 cm³/mol. The molecule has 0 aliphatic rings. The molecule has 0 radical (unpaired) electrons. The molecule has 2 aromatic rings. The van der Waals surface area contributed by atoms with Gasteiger partial charge in [0.05, 0.1) is 11.1 Å². The zero-order valence-electron chi connectivity index (χ0n) is 13.4. The Kier molecular flexibility index (Phi) is 6.14. The number of nitrogens with two attached hydrogens (primary N) is 1. The van der Waals surface area contributed by atoms with Crippen LogP contribution in [-0.2, 0) is 12.6 Å². The molecule has 0 heterocycles. The van der Waals surface area contributed by atoms with E-state index in [1.807, 2.05) is 30.3 Å². The van der Waals surface area contributed by atoms with E-state index in [0.29, 0.717) is 24.6 Å². The Bertz CT molecular complexity index is 717. The van der Waals surface area contributed by atoms with Gasteiger partial charge >= 0.3 is 6.18 Å². The number of halogens is 4. The van der Waals surface area contributed by atoms with E-state index in [-0.39, 0.29) is 19.6 Å². The minimum Gasteiger partial charge on any atom is -0.337 e. The number of benzene rings is 2. The molecule has 0 spiro atoms. The van der Waals surface area contributed by atoms with E-state index in [9.17, 15) is 22.4 Å². The molecule has 25 heavy (non-hydrogen) atoms. The highest BCUT2D eigenvalue weighted by Crippen LogP contribution is 2.30. The number of amides is 1. The van der Waals surface area contributed by atoms with Gasteiger partial charge in [-0.25, -0.2) is 4.39 Å². The SMILES string of the molecule is NCCN(CCc1ccccc1)C(=O)c1cc(C(F)(F)F)ccc1F. The highest BCUT2D eigenvalue weighted by atomic mass is 19.4. The Morgan fingerprint density at radius 3 is 2.32 bits per heavy atom. The number of nitrogens with zero attached hydrogens (tertiary/aromatic N) is 1. The quantitative estimate of drug-likeness (QED) is 0.808. The highest BCUT2D eigenvalue weighted by Gasteiger charge is 2.32. The summed E-state index contributed by atoms with van der Waals surface area (Å²) in [4.78, 5) is 13.8. The molecular formula is C18H18F4N2O. The number of hydrogen-bond acceptors (Lipinski definition) is 2. The van der Waals surface area contributed by atoms with Crippen molar-refractivity contribution in [2.75, 3.05) is 19.6 Å². The van der Waals surface area contributed by atoms with Gasteiger partial charge in [-0.05, 0) is 30.2 Å². The Balaban J connectivity index is 2.22. The second-order valence-corrected chi connectivity index (χ2v) is 5.51. The van der Waals surface area contributed by atoms with Crippen LogP contribution in [0.25, 0.3) is 0 Å².